The normalized spacial score (nSPS) is 35.4. The van der Waals surface area contributed by atoms with Gasteiger partial charge in [-0.05, 0) is 37.1 Å². The van der Waals surface area contributed by atoms with Gasteiger partial charge in [0.1, 0.15) is 0 Å². The molecule has 4 rings (SSSR count). The first-order valence-corrected chi connectivity index (χ1v) is 6.79. The lowest BCUT2D eigenvalue weighted by atomic mass is 9.69. The van der Waals surface area contributed by atoms with Crippen LogP contribution in [0, 0.1) is 0 Å². The van der Waals surface area contributed by atoms with Crippen LogP contribution in [0.1, 0.15) is 18.4 Å². The average Bonchev–Trinajstić information content (AvgIpc) is 3.03. The molecule has 2 heterocycles. The SMILES string of the molecule is OC1C=CC2(c3ccc4c(c3)OCO4)CCNC2C1. The van der Waals surface area contributed by atoms with E-state index in [1.165, 1.54) is 5.56 Å². The summed E-state index contributed by atoms with van der Waals surface area (Å²) in [5, 5.41) is 13.3. The third kappa shape index (κ3) is 1.60. The van der Waals surface area contributed by atoms with Crippen LogP contribution < -0.4 is 14.8 Å². The molecule has 3 unspecified atom stereocenters. The lowest BCUT2D eigenvalue weighted by Crippen LogP contribution is -2.43. The molecule has 0 aromatic heterocycles. The molecule has 1 fully saturated rings. The molecule has 100 valence electrons. The first-order valence-electron chi connectivity index (χ1n) is 6.79. The molecule has 3 aliphatic rings. The van der Waals surface area contributed by atoms with Crippen molar-refractivity contribution >= 4 is 0 Å². The summed E-state index contributed by atoms with van der Waals surface area (Å²) in [6, 6.07) is 6.49. The van der Waals surface area contributed by atoms with Crippen LogP contribution in [0.5, 0.6) is 11.5 Å². The molecule has 0 saturated carbocycles. The Balaban J connectivity index is 1.79. The number of fused-ring (bicyclic) bond motifs is 2. The van der Waals surface area contributed by atoms with Gasteiger partial charge in [-0.1, -0.05) is 18.2 Å². The van der Waals surface area contributed by atoms with Crippen LogP contribution in [0.25, 0.3) is 0 Å². The molecule has 1 aromatic rings. The number of aliphatic hydroxyl groups is 1. The summed E-state index contributed by atoms with van der Waals surface area (Å²) in [4.78, 5) is 0. The lowest BCUT2D eigenvalue weighted by molar-refractivity contribution is 0.173. The molecule has 1 saturated heterocycles. The van der Waals surface area contributed by atoms with E-state index in [1.807, 2.05) is 12.1 Å². The molecule has 19 heavy (non-hydrogen) atoms. The quantitative estimate of drug-likeness (QED) is 0.747. The van der Waals surface area contributed by atoms with Gasteiger partial charge in [0.05, 0.1) is 6.10 Å². The third-order valence-corrected chi connectivity index (χ3v) is 4.55. The van der Waals surface area contributed by atoms with Crippen molar-refractivity contribution in [1.29, 1.82) is 0 Å². The van der Waals surface area contributed by atoms with E-state index in [9.17, 15) is 5.11 Å². The van der Waals surface area contributed by atoms with Crippen molar-refractivity contribution < 1.29 is 14.6 Å². The Morgan fingerprint density at radius 1 is 1.26 bits per heavy atom. The van der Waals surface area contributed by atoms with Crippen LogP contribution in [0.4, 0.5) is 0 Å². The molecular formula is C15H17NO3. The van der Waals surface area contributed by atoms with Crippen molar-refractivity contribution in [2.24, 2.45) is 0 Å². The Bertz CT molecular complexity index is 542. The van der Waals surface area contributed by atoms with Crippen molar-refractivity contribution in [1.82, 2.24) is 5.32 Å². The smallest absolute Gasteiger partial charge is 0.231 e. The second-order valence-electron chi connectivity index (χ2n) is 5.53. The summed E-state index contributed by atoms with van der Waals surface area (Å²) in [6.45, 7) is 1.29. The van der Waals surface area contributed by atoms with Gasteiger partial charge in [-0.15, -0.1) is 0 Å². The minimum atomic E-state index is -0.335. The van der Waals surface area contributed by atoms with E-state index in [1.54, 1.807) is 0 Å². The van der Waals surface area contributed by atoms with Gasteiger partial charge >= 0.3 is 0 Å². The Morgan fingerprint density at radius 2 is 2.16 bits per heavy atom. The van der Waals surface area contributed by atoms with Gasteiger partial charge in [0, 0.05) is 11.5 Å². The van der Waals surface area contributed by atoms with Crippen LogP contribution in [0.3, 0.4) is 0 Å². The molecule has 0 spiro atoms. The van der Waals surface area contributed by atoms with E-state index in [2.05, 4.69) is 23.5 Å². The molecular weight excluding hydrogens is 242 g/mol. The van der Waals surface area contributed by atoms with Crippen molar-refractivity contribution in [3.8, 4) is 11.5 Å². The minimum Gasteiger partial charge on any atom is -0.454 e. The van der Waals surface area contributed by atoms with Gasteiger partial charge < -0.3 is 19.9 Å². The van der Waals surface area contributed by atoms with Crippen molar-refractivity contribution in [2.75, 3.05) is 13.3 Å². The van der Waals surface area contributed by atoms with Crippen LogP contribution in [0.2, 0.25) is 0 Å². The predicted octanol–water partition coefficient (Wildman–Crippen LogP) is 1.34. The first-order chi connectivity index (χ1) is 9.28. The predicted molar refractivity (Wildman–Crippen MR) is 70.4 cm³/mol. The fourth-order valence-corrected chi connectivity index (χ4v) is 3.53. The van der Waals surface area contributed by atoms with Gasteiger partial charge in [-0.25, -0.2) is 0 Å². The second-order valence-corrected chi connectivity index (χ2v) is 5.53. The zero-order valence-electron chi connectivity index (χ0n) is 10.6. The number of benzene rings is 1. The number of aliphatic hydroxyl groups excluding tert-OH is 1. The Labute approximate surface area is 112 Å². The van der Waals surface area contributed by atoms with E-state index < -0.39 is 0 Å². The number of ether oxygens (including phenoxy) is 2. The summed E-state index contributed by atoms with van der Waals surface area (Å²) in [7, 11) is 0. The zero-order valence-corrected chi connectivity index (χ0v) is 10.6. The first kappa shape index (κ1) is 11.3. The van der Waals surface area contributed by atoms with E-state index in [0.717, 1.165) is 30.9 Å². The maximum atomic E-state index is 9.80. The van der Waals surface area contributed by atoms with Gasteiger partial charge in [0.2, 0.25) is 6.79 Å². The molecule has 1 aromatic carbocycles. The molecule has 2 N–H and O–H groups in total. The Kier molecular flexibility index (Phi) is 2.37. The summed E-state index contributed by atoms with van der Waals surface area (Å²) >= 11 is 0. The highest BCUT2D eigenvalue weighted by Crippen LogP contribution is 2.44. The second kappa shape index (κ2) is 3.99. The fraction of sp³-hybridized carbons (Fsp3) is 0.467. The van der Waals surface area contributed by atoms with E-state index in [0.29, 0.717) is 12.8 Å². The topological polar surface area (TPSA) is 50.7 Å². The maximum Gasteiger partial charge on any atom is 0.231 e. The summed E-state index contributed by atoms with van der Waals surface area (Å²) in [5.41, 5.74) is 1.23. The average molecular weight is 259 g/mol. The zero-order chi connectivity index (χ0) is 12.9. The van der Waals surface area contributed by atoms with Gasteiger partial charge in [0.15, 0.2) is 11.5 Å². The molecule has 4 nitrogen and oxygen atoms in total. The van der Waals surface area contributed by atoms with Crippen LogP contribution in [-0.4, -0.2) is 30.6 Å². The number of hydrogen-bond donors (Lipinski definition) is 2. The number of rotatable bonds is 1. The van der Waals surface area contributed by atoms with Crippen LogP contribution >= 0.6 is 0 Å². The van der Waals surface area contributed by atoms with E-state index in [4.69, 9.17) is 9.47 Å². The highest BCUT2D eigenvalue weighted by Gasteiger charge is 2.45. The van der Waals surface area contributed by atoms with Gasteiger partial charge in [0.25, 0.3) is 0 Å². The van der Waals surface area contributed by atoms with Crippen molar-refractivity contribution in [3.05, 3.63) is 35.9 Å². The monoisotopic (exact) mass is 259 g/mol. The molecule has 4 heteroatoms. The number of hydrogen-bond acceptors (Lipinski definition) is 4. The molecule has 0 amide bonds. The minimum absolute atomic E-state index is 0.0137. The van der Waals surface area contributed by atoms with Crippen LogP contribution in [0.15, 0.2) is 30.4 Å². The fourth-order valence-electron chi connectivity index (χ4n) is 3.53. The lowest BCUT2D eigenvalue weighted by Gasteiger charge is -2.37. The summed E-state index contributed by atoms with van der Waals surface area (Å²) in [5.74, 6) is 1.65. The Morgan fingerprint density at radius 3 is 3.11 bits per heavy atom. The van der Waals surface area contributed by atoms with E-state index in [-0.39, 0.29) is 11.5 Å². The summed E-state index contributed by atoms with van der Waals surface area (Å²) in [6.07, 6.45) is 5.58. The molecule has 2 aliphatic heterocycles. The van der Waals surface area contributed by atoms with Crippen molar-refractivity contribution in [2.45, 2.75) is 30.4 Å². The number of nitrogens with one attached hydrogen (secondary N) is 1. The van der Waals surface area contributed by atoms with Gasteiger partial charge in [-0.3, -0.25) is 0 Å². The highest BCUT2D eigenvalue weighted by atomic mass is 16.7. The summed E-state index contributed by atoms with van der Waals surface area (Å²) < 4.78 is 10.9. The van der Waals surface area contributed by atoms with E-state index >= 15 is 0 Å². The highest BCUT2D eigenvalue weighted by molar-refractivity contribution is 5.49. The molecule has 0 bridgehead atoms. The van der Waals surface area contributed by atoms with Crippen molar-refractivity contribution in [3.63, 3.8) is 0 Å². The maximum absolute atomic E-state index is 9.80. The van der Waals surface area contributed by atoms with Crippen LogP contribution in [-0.2, 0) is 5.41 Å². The van der Waals surface area contributed by atoms with Gasteiger partial charge in [-0.2, -0.15) is 0 Å². The molecule has 3 atom stereocenters. The standard InChI is InChI=1S/C15H17NO3/c17-11-3-4-15(5-6-16-14(15)8-11)10-1-2-12-13(7-10)19-9-18-12/h1-4,7,11,14,16-17H,5-6,8-9H2. The molecule has 0 radical (unpaired) electrons. The Hall–Kier alpha value is -1.52. The molecule has 1 aliphatic carbocycles. The largest absolute Gasteiger partial charge is 0.454 e. The third-order valence-electron chi connectivity index (χ3n) is 4.55.